The quantitative estimate of drug-likeness (QED) is 0.747. The molecule has 2 heteroatoms. The highest BCUT2D eigenvalue weighted by Crippen LogP contribution is 2.42. The molecule has 1 spiro atoms. The summed E-state index contributed by atoms with van der Waals surface area (Å²) in [6, 6.07) is 0. The van der Waals surface area contributed by atoms with E-state index in [2.05, 4.69) is 37.8 Å². The predicted molar refractivity (Wildman–Crippen MR) is 73.8 cm³/mol. The lowest BCUT2D eigenvalue weighted by Crippen LogP contribution is -2.48. The van der Waals surface area contributed by atoms with Crippen LogP contribution in [0, 0.1) is 17.8 Å². The van der Waals surface area contributed by atoms with Crippen LogP contribution in [0.2, 0.25) is 0 Å². The summed E-state index contributed by atoms with van der Waals surface area (Å²) in [5.74, 6) is 4.07. The molecule has 16 heavy (non-hydrogen) atoms. The Morgan fingerprint density at radius 1 is 1.25 bits per heavy atom. The summed E-state index contributed by atoms with van der Waals surface area (Å²) in [6.07, 6.45) is 7.11. The molecular weight excluding hydrogens is 214 g/mol. The molecule has 3 unspecified atom stereocenters. The molecule has 0 amide bonds. The monoisotopic (exact) mass is 241 g/mol. The summed E-state index contributed by atoms with van der Waals surface area (Å²) in [5, 5.41) is 3.85. The number of thioether (sulfide) groups is 1. The summed E-state index contributed by atoms with van der Waals surface area (Å²) in [6.45, 7) is 8.39. The molecule has 0 bridgehead atoms. The molecular formula is C14H27NS. The van der Waals surface area contributed by atoms with Gasteiger partial charge in [-0.15, -0.1) is 11.8 Å². The summed E-state index contributed by atoms with van der Waals surface area (Å²) in [5.41, 5.74) is 0. The highest BCUT2D eigenvalue weighted by molar-refractivity contribution is 8.00. The minimum Gasteiger partial charge on any atom is -0.303 e. The van der Waals surface area contributed by atoms with Crippen molar-refractivity contribution >= 4 is 11.8 Å². The van der Waals surface area contributed by atoms with E-state index >= 15 is 0 Å². The van der Waals surface area contributed by atoms with Crippen molar-refractivity contribution in [2.75, 3.05) is 12.3 Å². The molecule has 94 valence electrons. The van der Waals surface area contributed by atoms with Crippen molar-refractivity contribution in [2.24, 2.45) is 17.8 Å². The third kappa shape index (κ3) is 2.95. The topological polar surface area (TPSA) is 12.0 Å². The third-order valence-electron chi connectivity index (χ3n) is 4.43. The molecule has 2 fully saturated rings. The smallest absolute Gasteiger partial charge is 0.0645 e. The first kappa shape index (κ1) is 12.8. The lowest BCUT2D eigenvalue weighted by Gasteiger charge is -2.39. The van der Waals surface area contributed by atoms with Crippen molar-refractivity contribution < 1.29 is 0 Å². The molecule has 0 aromatic heterocycles. The maximum absolute atomic E-state index is 3.85. The fourth-order valence-electron chi connectivity index (χ4n) is 3.10. The number of rotatable bonds is 1. The van der Waals surface area contributed by atoms with E-state index in [-0.39, 0.29) is 0 Å². The molecule has 1 saturated carbocycles. The number of hydrogen-bond acceptors (Lipinski definition) is 2. The summed E-state index contributed by atoms with van der Waals surface area (Å²) < 4.78 is 0. The van der Waals surface area contributed by atoms with Gasteiger partial charge >= 0.3 is 0 Å². The fourth-order valence-corrected chi connectivity index (χ4v) is 4.56. The molecule has 2 aliphatic rings. The van der Waals surface area contributed by atoms with E-state index in [1.807, 2.05) is 0 Å². The first-order chi connectivity index (χ1) is 7.61. The summed E-state index contributed by atoms with van der Waals surface area (Å²) in [4.78, 5) is 0.455. The standard InChI is InChI=1S/C14H27NS/c1-11(2)13-5-4-7-14(8-6-13)15-9-12(3)10-16-14/h11-13,15H,4-10H2,1-3H3. The van der Waals surface area contributed by atoms with Gasteiger partial charge in [0.25, 0.3) is 0 Å². The molecule has 0 aromatic rings. The Hall–Kier alpha value is 0.310. The van der Waals surface area contributed by atoms with E-state index in [9.17, 15) is 0 Å². The van der Waals surface area contributed by atoms with E-state index in [0.29, 0.717) is 4.87 Å². The van der Waals surface area contributed by atoms with Gasteiger partial charge in [0.15, 0.2) is 0 Å². The Labute approximate surface area is 105 Å². The molecule has 1 nitrogen and oxygen atoms in total. The molecule has 2 rings (SSSR count). The van der Waals surface area contributed by atoms with Gasteiger partial charge < -0.3 is 5.32 Å². The van der Waals surface area contributed by atoms with Gasteiger partial charge in [-0.05, 0) is 49.3 Å². The van der Waals surface area contributed by atoms with Gasteiger partial charge in [0.05, 0.1) is 4.87 Å². The van der Waals surface area contributed by atoms with Gasteiger partial charge in [0.1, 0.15) is 0 Å². The zero-order valence-corrected chi connectivity index (χ0v) is 11.9. The van der Waals surface area contributed by atoms with E-state index in [4.69, 9.17) is 0 Å². The largest absolute Gasteiger partial charge is 0.303 e. The Morgan fingerprint density at radius 2 is 2.06 bits per heavy atom. The first-order valence-corrected chi connectivity index (χ1v) is 7.99. The Morgan fingerprint density at radius 3 is 2.69 bits per heavy atom. The van der Waals surface area contributed by atoms with Gasteiger partial charge in [0, 0.05) is 0 Å². The van der Waals surface area contributed by atoms with Crippen LogP contribution in [0.25, 0.3) is 0 Å². The van der Waals surface area contributed by atoms with Crippen LogP contribution >= 0.6 is 11.8 Å². The Balaban J connectivity index is 1.92. The van der Waals surface area contributed by atoms with Gasteiger partial charge in [-0.2, -0.15) is 0 Å². The van der Waals surface area contributed by atoms with Crippen molar-refractivity contribution in [3.8, 4) is 0 Å². The van der Waals surface area contributed by atoms with Crippen LogP contribution in [0.5, 0.6) is 0 Å². The Bertz CT molecular complexity index is 219. The molecule has 1 heterocycles. The van der Waals surface area contributed by atoms with Crippen molar-refractivity contribution in [3.05, 3.63) is 0 Å². The number of hydrogen-bond donors (Lipinski definition) is 1. The van der Waals surface area contributed by atoms with E-state index in [0.717, 1.165) is 17.8 Å². The second kappa shape index (κ2) is 5.30. The van der Waals surface area contributed by atoms with Crippen LogP contribution in [0.3, 0.4) is 0 Å². The number of nitrogens with one attached hydrogen (secondary N) is 1. The van der Waals surface area contributed by atoms with Crippen LogP contribution < -0.4 is 5.32 Å². The maximum Gasteiger partial charge on any atom is 0.0645 e. The lowest BCUT2D eigenvalue weighted by molar-refractivity contribution is 0.327. The van der Waals surface area contributed by atoms with E-state index < -0.39 is 0 Å². The fraction of sp³-hybridized carbons (Fsp3) is 1.00. The van der Waals surface area contributed by atoms with Crippen molar-refractivity contribution in [1.29, 1.82) is 0 Å². The Kier molecular flexibility index (Phi) is 4.23. The van der Waals surface area contributed by atoms with E-state index in [1.165, 1.54) is 44.4 Å². The molecule has 0 aromatic carbocycles. The van der Waals surface area contributed by atoms with Crippen molar-refractivity contribution in [3.63, 3.8) is 0 Å². The van der Waals surface area contributed by atoms with Crippen LogP contribution in [-0.4, -0.2) is 17.2 Å². The minimum absolute atomic E-state index is 0.455. The first-order valence-electron chi connectivity index (χ1n) is 7.00. The van der Waals surface area contributed by atoms with Crippen molar-refractivity contribution in [1.82, 2.24) is 5.32 Å². The predicted octanol–water partition coefficient (Wildman–Crippen LogP) is 3.89. The van der Waals surface area contributed by atoms with Gasteiger partial charge in [-0.1, -0.05) is 33.6 Å². The van der Waals surface area contributed by atoms with Gasteiger partial charge in [-0.25, -0.2) is 0 Å². The van der Waals surface area contributed by atoms with Gasteiger partial charge in [-0.3, -0.25) is 0 Å². The highest BCUT2D eigenvalue weighted by atomic mass is 32.2. The third-order valence-corrected chi connectivity index (χ3v) is 6.28. The van der Waals surface area contributed by atoms with Gasteiger partial charge in [0.2, 0.25) is 0 Å². The average molecular weight is 241 g/mol. The average Bonchev–Trinajstić information content (AvgIpc) is 2.46. The second-order valence-corrected chi connectivity index (χ2v) is 7.63. The summed E-state index contributed by atoms with van der Waals surface area (Å²) >= 11 is 2.21. The van der Waals surface area contributed by atoms with Crippen molar-refractivity contribution in [2.45, 2.75) is 57.7 Å². The van der Waals surface area contributed by atoms with E-state index in [1.54, 1.807) is 0 Å². The molecule has 1 aliphatic carbocycles. The second-order valence-electron chi connectivity index (χ2n) is 6.23. The molecule has 1 aliphatic heterocycles. The van der Waals surface area contributed by atoms with Crippen LogP contribution in [0.15, 0.2) is 0 Å². The van der Waals surface area contributed by atoms with Crippen LogP contribution in [0.1, 0.15) is 52.9 Å². The molecule has 1 saturated heterocycles. The van der Waals surface area contributed by atoms with Crippen LogP contribution in [-0.2, 0) is 0 Å². The van der Waals surface area contributed by atoms with Crippen LogP contribution in [0.4, 0.5) is 0 Å². The zero-order chi connectivity index (χ0) is 11.6. The normalized spacial score (nSPS) is 41.2. The molecule has 1 N–H and O–H groups in total. The SMILES string of the molecule is CC1CNC2(CCCC(C(C)C)CC2)SC1. The maximum atomic E-state index is 3.85. The summed E-state index contributed by atoms with van der Waals surface area (Å²) in [7, 11) is 0. The molecule has 3 atom stereocenters. The zero-order valence-electron chi connectivity index (χ0n) is 11.1. The highest BCUT2D eigenvalue weighted by Gasteiger charge is 2.36. The minimum atomic E-state index is 0.455. The lowest BCUT2D eigenvalue weighted by atomic mass is 9.89. The molecule has 0 radical (unpaired) electrons.